The zero-order valence-electron chi connectivity index (χ0n) is 15.4. The minimum absolute atomic E-state index is 0.694. The van der Waals surface area contributed by atoms with Gasteiger partial charge < -0.3 is 4.98 Å². The number of hydrogen-bond donors (Lipinski definition) is 1. The van der Waals surface area contributed by atoms with Crippen LogP contribution in [0.25, 0.3) is 55.4 Å². The Morgan fingerprint density at radius 2 is 1.38 bits per heavy atom. The quantitative estimate of drug-likeness (QED) is 0.442. The average molecular weight is 373 g/mol. The van der Waals surface area contributed by atoms with E-state index < -0.39 is 0 Å². The van der Waals surface area contributed by atoms with Gasteiger partial charge in [-0.3, -0.25) is 9.97 Å². The molecule has 0 fully saturated rings. The average Bonchev–Trinajstić information content (AvgIpc) is 3.22. The zero-order valence-corrected chi connectivity index (χ0v) is 15.4. The van der Waals surface area contributed by atoms with Gasteiger partial charge >= 0.3 is 0 Å². The van der Waals surface area contributed by atoms with E-state index in [4.69, 9.17) is 4.98 Å². The van der Waals surface area contributed by atoms with E-state index in [0.717, 1.165) is 49.5 Å². The van der Waals surface area contributed by atoms with Gasteiger partial charge in [-0.1, -0.05) is 18.2 Å². The molecule has 6 aromatic rings. The van der Waals surface area contributed by atoms with E-state index in [1.807, 2.05) is 55.0 Å². The number of hydrogen-bond acceptors (Lipinski definition) is 4. The van der Waals surface area contributed by atoms with Crippen molar-refractivity contribution in [2.24, 2.45) is 0 Å². The summed E-state index contributed by atoms with van der Waals surface area (Å²) >= 11 is 0. The Hall–Kier alpha value is -4.12. The molecule has 0 aliphatic heterocycles. The molecule has 4 aromatic heterocycles. The van der Waals surface area contributed by atoms with Crippen LogP contribution >= 0.6 is 0 Å². The highest BCUT2D eigenvalue weighted by atomic mass is 14.9. The summed E-state index contributed by atoms with van der Waals surface area (Å²) in [6.45, 7) is 0. The highest BCUT2D eigenvalue weighted by molar-refractivity contribution is 5.96. The summed E-state index contributed by atoms with van der Waals surface area (Å²) < 4.78 is 0. The van der Waals surface area contributed by atoms with E-state index in [1.54, 1.807) is 6.20 Å². The molecule has 2 aromatic carbocycles. The molecule has 0 spiro atoms. The molecule has 5 nitrogen and oxygen atoms in total. The smallest absolute Gasteiger partial charge is 0.161 e. The Morgan fingerprint density at radius 3 is 2.14 bits per heavy atom. The second kappa shape index (κ2) is 6.21. The number of pyridine rings is 2. The lowest BCUT2D eigenvalue weighted by atomic mass is 10.0. The van der Waals surface area contributed by atoms with Crippen LogP contribution in [0.4, 0.5) is 0 Å². The Morgan fingerprint density at radius 1 is 0.690 bits per heavy atom. The van der Waals surface area contributed by atoms with Crippen LogP contribution in [0.3, 0.4) is 0 Å². The molecule has 0 aliphatic rings. The summed E-state index contributed by atoms with van der Waals surface area (Å²) in [7, 11) is 0. The Kier molecular flexibility index (Phi) is 3.40. The second-order valence-corrected chi connectivity index (χ2v) is 6.98. The summed E-state index contributed by atoms with van der Waals surface area (Å²) in [5, 5.41) is 3.19. The minimum atomic E-state index is 0.694. The van der Waals surface area contributed by atoms with Crippen LogP contribution in [-0.4, -0.2) is 24.9 Å². The summed E-state index contributed by atoms with van der Waals surface area (Å²) in [6.07, 6.45) is 7.50. The van der Waals surface area contributed by atoms with Gasteiger partial charge in [-0.15, -0.1) is 0 Å². The van der Waals surface area contributed by atoms with Gasteiger partial charge in [-0.05, 0) is 48.0 Å². The van der Waals surface area contributed by atoms with Crippen molar-refractivity contribution in [1.29, 1.82) is 0 Å². The van der Waals surface area contributed by atoms with Crippen LogP contribution < -0.4 is 0 Å². The van der Waals surface area contributed by atoms with E-state index in [-0.39, 0.29) is 0 Å². The number of aromatic amines is 1. The fourth-order valence-electron chi connectivity index (χ4n) is 3.74. The van der Waals surface area contributed by atoms with Crippen molar-refractivity contribution < 1.29 is 0 Å². The first-order valence-electron chi connectivity index (χ1n) is 9.40. The number of fused-ring (bicyclic) bond motifs is 3. The number of nitrogens with one attached hydrogen (secondary N) is 1. The van der Waals surface area contributed by atoms with Gasteiger partial charge in [0.05, 0.1) is 11.0 Å². The Balaban J connectivity index is 1.46. The lowest BCUT2D eigenvalue weighted by molar-refractivity contribution is 1.21. The Labute approximate surface area is 166 Å². The number of aromatic nitrogens is 5. The molecule has 0 amide bonds. The fourth-order valence-corrected chi connectivity index (χ4v) is 3.74. The summed E-state index contributed by atoms with van der Waals surface area (Å²) in [6, 6.07) is 20.4. The van der Waals surface area contributed by atoms with E-state index in [2.05, 4.69) is 44.2 Å². The highest BCUT2D eigenvalue weighted by Gasteiger charge is 2.11. The molecule has 0 radical (unpaired) electrons. The summed E-state index contributed by atoms with van der Waals surface area (Å²) in [5.74, 6) is 0.694. The van der Waals surface area contributed by atoms with Crippen LogP contribution in [-0.2, 0) is 0 Å². The molecule has 136 valence electrons. The van der Waals surface area contributed by atoms with Crippen LogP contribution in [0.5, 0.6) is 0 Å². The monoisotopic (exact) mass is 373 g/mol. The molecule has 0 aliphatic carbocycles. The van der Waals surface area contributed by atoms with Crippen molar-refractivity contribution in [3.8, 4) is 22.5 Å². The van der Waals surface area contributed by atoms with Crippen LogP contribution in [0.2, 0.25) is 0 Å². The predicted molar refractivity (Wildman–Crippen MR) is 115 cm³/mol. The van der Waals surface area contributed by atoms with Crippen molar-refractivity contribution in [2.45, 2.75) is 0 Å². The second-order valence-electron chi connectivity index (χ2n) is 6.98. The molecule has 4 heterocycles. The van der Waals surface area contributed by atoms with Gasteiger partial charge in [-0.25, -0.2) is 9.97 Å². The summed E-state index contributed by atoms with van der Waals surface area (Å²) in [5.41, 5.74) is 5.94. The highest BCUT2D eigenvalue weighted by Crippen LogP contribution is 2.30. The van der Waals surface area contributed by atoms with Crippen molar-refractivity contribution in [2.75, 3.05) is 0 Å². The van der Waals surface area contributed by atoms with E-state index >= 15 is 0 Å². The van der Waals surface area contributed by atoms with Crippen LogP contribution in [0.15, 0.2) is 85.5 Å². The Bertz CT molecular complexity index is 1520. The molecule has 5 heteroatoms. The maximum absolute atomic E-state index is 4.76. The molecule has 29 heavy (non-hydrogen) atoms. The molecule has 0 unspecified atom stereocenters. The number of benzene rings is 2. The normalized spacial score (nSPS) is 11.4. The molecule has 6 rings (SSSR count). The minimum Gasteiger partial charge on any atom is -0.345 e. The van der Waals surface area contributed by atoms with Crippen molar-refractivity contribution in [1.82, 2.24) is 24.9 Å². The SMILES string of the molecule is c1cnc2ccc(-c3ncc4c(-c5ccc6ncccc6c5)c[nH]c4n3)cc2c1. The van der Waals surface area contributed by atoms with E-state index in [0.29, 0.717) is 5.82 Å². The van der Waals surface area contributed by atoms with Gasteiger partial charge in [0, 0.05) is 52.1 Å². The first-order valence-corrected chi connectivity index (χ1v) is 9.40. The first-order chi connectivity index (χ1) is 14.3. The maximum Gasteiger partial charge on any atom is 0.161 e. The van der Waals surface area contributed by atoms with Crippen LogP contribution in [0, 0.1) is 0 Å². The molecule has 0 atom stereocenters. The van der Waals surface area contributed by atoms with Gasteiger partial charge in [0.2, 0.25) is 0 Å². The van der Waals surface area contributed by atoms with Crippen molar-refractivity contribution in [3.63, 3.8) is 0 Å². The molecule has 0 saturated heterocycles. The van der Waals surface area contributed by atoms with Crippen molar-refractivity contribution in [3.05, 3.63) is 85.5 Å². The fraction of sp³-hybridized carbons (Fsp3) is 0. The lowest BCUT2D eigenvalue weighted by Crippen LogP contribution is -1.90. The third-order valence-corrected chi connectivity index (χ3v) is 5.21. The van der Waals surface area contributed by atoms with E-state index in [1.165, 1.54) is 0 Å². The first kappa shape index (κ1) is 15.9. The van der Waals surface area contributed by atoms with Crippen molar-refractivity contribution >= 4 is 32.8 Å². The van der Waals surface area contributed by atoms with E-state index in [9.17, 15) is 0 Å². The topological polar surface area (TPSA) is 67.3 Å². The zero-order chi connectivity index (χ0) is 19.2. The number of rotatable bonds is 2. The molecule has 1 N–H and O–H groups in total. The van der Waals surface area contributed by atoms with Gasteiger partial charge in [0.15, 0.2) is 5.82 Å². The number of H-pyrrole nitrogens is 1. The van der Waals surface area contributed by atoms with Crippen LogP contribution in [0.1, 0.15) is 0 Å². The summed E-state index contributed by atoms with van der Waals surface area (Å²) in [4.78, 5) is 21.5. The van der Waals surface area contributed by atoms with Gasteiger partial charge in [0.1, 0.15) is 5.65 Å². The predicted octanol–water partition coefficient (Wildman–Crippen LogP) is 5.39. The molecule has 0 saturated carbocycles. The third kappa shape index (κ3) is 2.63. The maximum atomic E-state index is 4.76. The lowest BCUT2D eigenvalue weighted by Gasteiger charge is -2.04. The van der Waals surface area contributed by atoms with Gasteiger partial charge in [-0.2, -0.15) is 0 Å². The standard InChI is InChI=1S/C24H15N5/c1-3-16-11-15(5-7-21(16)25-9-1)19-13-28-24-20(19)14-27-23(29-24)18-6-8-22-17(12-18)4-2-10-26-22/h1-14H,(H,27,28,29). The molecular formula is C24H15N5. The largest absolute Gasteiger partial charge is 0.345 e. The van der Waals surface area contributed by atoms with Gasteiger partial charge in [0.25, 0.3) is 0 Å². The molecule has 0 bridgehead atoms. The third-order valence-electron chi connectivity index (χ3n) is 5.21. The number of nitrogens with zero attached hydrogens (tertiary/aromatic N) is 4. The molecular weight excluding hydrogens is 358 g/mol.